The molecule has 1 aliphatic rings. The van der Waals surface area contributed by atoms with Crippen molar-refractivity contribution in [3.8, 4) is 0 Å². The first-order valence-corrected chi connectivity index (χ1v) is 8.15. The van der Waals surface area contributed by atoms with E-state index >= 15 is 0 Å². The van der Waals surface area contributed by atoms with Gasteiger partial charge in [0.2, 0.25) is 10.0 Å². The number of likely N-dealkylation sites (N-methyl/N-ethyl adjacent to an activating group) is 1. The van der Waals surface area contributed by atoms with Crippen molar-refractivity contribution in [2.45, 2.75) is 24.3 Å². The Bertz CT molecular complexity index is 588. The highest BCUT2D eigenvalue weighted by Gasteiger charge is 2.27. The Balaban J connectivity index is 2.25. The molecule has 1 fully saturated rings. The number of thiophene rings is 1. The highest BCUT2D eigenvalue weighted by Crippen LogP contribution is 2.26. The van der Waals surface area contributed by atoms with Crippen LogP contribution in [0.2, 0.25) is 0 Å². The van der Waals surface area contributed by atoms with Gasteiger partial charge in [-0.1, -0.05) is 0 Å². The fourth-order valence-electron chi connectivity index (χ4n) is 2.02. The molecular weight excluding hydrogens is 288 g/mol. The molecule has 1 atom stereocenters. The van der Waals surface area contributed by atoms with Crippen LogP contribution in [0.4, 0.5) is 0 Å². The number of nitrogens with two attached hydrogens (primary N) is 1. The number of hydrogen-bond donors (Lipinski definition) is 1. The van der Waals surface area contributed by atoms with Crippen molar-refractivity contribution >= 4 is 27.3 Å². The van der Waals surface area contributed by atoms with Crippen LogP contribution in [0.25, 0.3) is 0 Å². The third-order valence-corrected chi connectivity index (χ3v) is 5.37. The van der Waals surface area contributed by atoms with Gasteiger partial charge in [-0.05, 0) is 19.4 Å². The Morgan fingerprint density at radius 1 is 1.58 bits per heavy atom. The van der Waals surface area contributed by atoms with Crippen molar-refractivity contribution in [2.24, 2.45) is 5.14 Å². The highest BCUT2D eigenvalue weighted by molar-refractivity contribution is 7.89. The van der Waals surface area contributed by atoms with Gasteiger partial charge >= 0.3 is 0 Å². The Morgan fingerprint density at radius 2 is 2.26 bits per heavy atom. The molecule has 0 spiro atoms. The molecule has 8 heteroatoms. The fourth-order valence-corrected chi connectivity index (χ4v) is 4.15. The normalized spacial score (nSPS) is 19.6. The summed E-state index contributed by atoms with van der Waals surface area (Å²) in [5, 5.41) is 5.10. The zero-order valence-electron chi connectivity index (χ0n) is 10.8. The lowest BCUT2D eigenvalue weighted by Crippen LogP contribution is -2.36. The van der Waals surface area contributed by atoms with Gasteiger partial charge in [-0.3, -0.25) is 4.79 Å². The second kappa shape index (κ2) is 5.20. The van der Waals surface area contributed by atoms with Crippen molar-refractivity contribution in [2.75, 3.05) is 20.3 Å². The van der Waals surface area contributed by atoms with Crippen LogP contribution < -0.4 is 5.14 Å². The van der Waals surface area contributed by atoms with E-state index in [1.807, 2.05) is 0 Å². The van der Waals surface area contributed by atoms with E-state index in [9.17, 15) is 13.2 Å². The molecule has 1 aliphatic heterocycles. The Morgan fingerprint density at radius 3 is 2.74 bits per heavy atom. The Labute approximate surface area is 116 Å². The van der Waals surface area contributed by atoms with Gasteiger partial charge in [-0.2, -0.15) is 0 Å². The molecule has 1 unspecified atom stereocenters. The van der Waals surface area contributed by atoms with Gasteiger partial charge in [-0.15, -0.1) is 11.3 Å². The van der Waals surface area contributed by atoms with E-state index in [0.717, 1.165) is 17.8 Å². The third kappa shape index (κ3) is 2.97. The lowest BCUT2D eigenvalue weighted by molar-refractivity contribution is 0.0716. The molecule has 0 aromatic carbocycles. The summed E-state index contributed by atoms with van der Waals surface area (Å²) in [4.78, 5) is 14.8. The highest BCUT2D eigenvalue weighted by atomic mass is 32.2. The molecule has 0 radical (unpaired) electrons. The molecule has 2 N–H and O–H groups in total. The summed E-state index contributed by atoms with van der Waals surface area (Å²) < 4.78 is 28.0. The molecule has 1 aromatic rings. The number of carbonyl (C=O) groups excluding carboxylic acids is 1. The predicted molar refractivity (Wildman–Crippen MR) is 71.7 cm³/mol. The molecule has 6 nitrogen and oxygen atoms in total. The first-order valence-electron chi connectivity index (χ1n) is 5.79. The molecule has 19 heavy (non-hydrogen) atoms. The lowest BCUT2D eigenvalue weighted by atomic mass is 10.2. The number of sulfonamides is 1. The first-order chi connectivity index (χ1) is 8.80. The molecule has 1 amide bonds. The number of primary sulfonamides is 1. The molecular formula is C11H16N2O4S2. The Kier molecular flexibility index (Phi) is 3.95. The van der Waals surface area contributed by atoms with Crippen molar-refractivity contribution < 1.29 is 17.9 Å². The largest absolute Gasteiger partial charge is 0.379 e. The van der Waals surface area contributed by atoms with Gasteiger partial charge in [-0.25, -0.2) is 13.6 Å². The minimum absolute atomic E-state index is 0.0249. The van der Waals surface area contributed by atoms with Crippen LogP contribution in [0, 0.1) is 6.92 Å². The van der Waals surface area contributed by atoms with Crippen molar-refractivity contribution in [3.63, 3.8) is 0 Å². The van der Waals surface area contributed by atoms with Crippen LogP contribution in [0.3, 0.4) is 0 Å². The zero-order chi connectivity index (χ0) is 14.2. The summed E-state index contributed by atoms with van der Waals surface area (Å²) in [5.41, 5.74) is 0. The number of hydrogen-bond acceptors (Lipinski definition) is 5. The summed E-state index contributed by atoms with van der Waals surface area (Å²) in [5.74, 6) is -0.196. The number of amides is 1. The number of rotatable bonds is 3. The van der Waals surface area contributed by atoms with Gasteiger partial charge in [0.05, 0.1) is 22.4 Å². The SMILES string of the molecule is Cc1sc(C(=O)N(C)C2CCOC2)cc1S(N)(=O)=O. The van der Waals surface area contributed by atoms with E-state index in [2.05, 4.69) is 0 Å². The van der Waals surface area contributed by atoms with E-state index in [1.54, 1.807) is 18.9 Å². The summed E-state index contributed by atoms with van der Waals surface area (Å²) in [6, 6.07) is 1.40. The maximum atomic E-state index is 12.3. The smallest absolute Gasteiger partial charge is 0.264 e. The quantitative estimate of drug-likeness (QED) is 0.883. The van der Waals surface area contributed by atoms with Gasteiger partial charge in [0.15, 0.2) is 0 Å². The average Bonchev–Trinajstić information content (AvgIpc) is 2.94. The topological polar surface area (TPSA) is 89.7 Å². The number of carbonyl (C=O) groups is 1. The molecule has 1 aromatic heterocycles. The van der Waals surface area contributed by atoms with E-state index < -0.39 is 10.0 Å². The lowest BCUT2D eigenvalue weighted by Gasteiger charge is -2.22. The molecule has 0 saturated carbocycles. The number of ether oxygens (including phenoxy) is 1. The number of aryl methyl sites for hydroxylation is 1. The average molecular weight is 304 g/mol. The van der Waals surface area contributed by atoms with Gasteiger partial charge in [0.1, 0.15) is 0 Å². The minimum atomic E-state index is -3.78. The van der Waals surface area contributed by atoms with Crippen molar-refractivity contribution in [1.82, 2.24) is 4.90 Å². The van der Waals surface area contributed by atoms with E-state index in [-0.39, 0.29) is 16.8 Å². The fraction of sp³-hybridized carbons (Fsp3) is 0.545. The van der Waals surface area contributed by atoms with Crippen LogP contribution in [0.5, 0.6) is 0 Å². The minimum Gasteiger partial charge on any atom is -0.379 e. The predicted octanol–water partition coefficient (Wildman–Crippen LogP) is 0.565. The molecule has 0 aliphatic carbocycles. The molecule has 2 rings (SSSR count). The Hall–Kier alpha value is -0.960. The van der Waals surface area contributed by atoms with E-state index in [4.69, 9.17) is 9.88 Å². The maximum Gasteiger partial charge on any atom is 0.264 e. The van der Waals surface area contributed by atoms with Gasteiger partial charge in [0, 0.05) is 18.5 Å². The maximum absolute atomic E-state index is 12.3. The summed E-state index contributed by atoms with van der Waals surface area (Å²) in [6.45, 7) is 2.81. The zero-order valence-corrected chi connectivity index (χ0v) is 12.4. The van der Waals surface area contributed by atoms with Crippen molar-refractivity contribution in [3.05, 3.63) is 15.8 Å². The molecule has 2 heterocycles. The van der Waals surface area contributed by atoms with Crippen molar-refractivity contribution in [1.29, 1.82) is 0 Å². The molecule has 1 saturated heterocycles. The molecule has 0 bridgehead atoms. The van der Waals surface area contributed by atoms with Gasteiger partial charge < -0.3 is 9.64 Å². The monoisotopic (exact) mass is 304 g/mol. The first kappa shape index (κ1) is 14.4. The summed E-state index contributed by atoms with van der Waals surface area (Å²) >= 11 is 1.15. The van der Waals surface area contributed by atoms with Crippen LogP contribution in [-0.4, -0.2) is 45.5 Å². The summed E-state index contributed by atoms with van der Waals surface area (Å²) in [7, 11) is -2.07. The van der Waals surface area contributed by atoms with Gasteiger partial charge in [0.25, 0.3) is 5.91 Å². The standard InChI is InChI=1S/C11H16N2O4S2/c1-7-10(19(12,15)16)5-9(18-7)11(14)13(2)8-3-4-17-6-8/h5,8H,3-4,6H2,1-2H3,(H2,12,15,16). The molecule has 106 valence electrons. The third-order valence-electron chi connectivity index (χ3n) is 3.16. The van der Waals surface area contributed by atoms with Crippen LogP contribution in [0.1, 0.15) is 21.0 Å². The second-order valence-corrected chi connectivity index (χ2v) is 7.30. The second-order valence-electron chi connectivity index (χ2n) is 4.51. The van der Waals surface area contributed by atoms with E-state index in [1.165, 1.54) is 6.07 Å². The van der Waals surface area contributed by atoms with Crippen LogP contribution in [-0.2, 0) is 14.8 Å². The summed E-state index contributed by atoms with van der Waals surface area (Å²) in [6.07, 6.45) is 0.800. The van der Waals surface area contributed by atoms with E-state index in [0.29, 0.717) is 23.0 Å². The van der Waals surface area contributed by atoms with Crippen LogP contribution in [0.15, 0.2) is 11.0 Å². The number of nitrogens with zero attached hydrogens (tertiary/aromatic N) is 1. The van der Waals surface area contributed by atoms with Crippen LogP contribution >= 0.6 is 11.3 Å².